The van der Waals surface area contributed by atoms with Gasteiger partial charge in [0, 0.05) is 5.57 Å². The van der Waals surface area contributed by atoms with Gasteiger partial charge < -0.3 is 5.11 Å². The summed E-state index contributed by atoms with van der Waals surface area (Å²) in [6.07, 6.45) is 1.61. The van der Waals surface area contributed by atoms with E-state index in [1.165, 1.54) is 12.1 Å². The molecule has 0 bridgehead atoms. The Bertz CT molecular complexity index is 475. The topological polar surface area (TPSA) is 20.2 Å². The summed E-state index contributed by atoms with van der Waals surface area (Å²) in [5, 5.41) is 8.97. The van der Waals surface area contributed by atoms with E-state index in [0.717, 1.165) is 0 Å². The van der Waals surface area contributed by atoms with E-state index in [-0.39, 0.29) is 12.4 Å². The van der Waals surface area contributed by atoms with Crippen molar-refractivity contribution in [2.24, 2.45) is 0 Å². The average molecular weight is 248 g/mol. The van der Waals surface area contributed by atoms with Gasteiger partial charge in [-0.2, -0.15) is 0 Å². The number of rotatable bonds is 2. The Balaban J connectivity index is 3.10. The van der Waals surface area contributed by atoms with Crippen LogP contribution < -0.4 is 0 Å². The van der Waals surface area contributed by atoms with Gasteiger partial charge in [0.1, 0.15) is 13.9 Å². The molecule has 0 unspecified atom stereocenters. The molecule has 1 aromatic rings. The van der Waals surface area contributed by atoms with Crippen LogP contribution in [0.4, 0.5) is 4.39 Å². The van der Waals surface area contributed by atoms with Crippen molar-refractivity contribution in [2.45, 2.75) is 19.6 Å². The molecule has 1 rings (SSSR count). The Morgan fingerprint density at radius 2 is 2.12 bits per heavy atom. The summed E-state index contributed by atoms with van der Waals surface area (Å²) in [5.74, 6) is 2.76. The predicted octanol–water partition coefficient (Wildman–Crippen LogP) is 3.08. The highest BCUT2D eigenvalue weighted by Crippen LogP contribution is 2.15. The molecule has 1 N–H and O–H groups in total. The monoisotopic (exact) mass is 248 g/mol. The van der Waals surface area contributed by atoms with Gasteiger partial charge in [0.2, 0.25) is 0 Å². The quantitative estimate of drug-likeness (QED) is 0.630. The highest BCUT2D eigenvalue weighted by Gasteiger charge is 2.08. The van der Waals surface area contributed by atoms with Crippen molar-refractivity contribution in [3.63, 3.8) is 0 Å². The van der Waals surface area contributed by atoms with Gasteiger partial charge in [-0.25, -0.2) is 4.39 Å². The van der Waals surface area contributed by atoms with Gasteiger partial charge in [0.05, 0.1) is 6.61 Å². The Hall–Kier alpha value is -1.37. The van der Waals surface area contributed by atoms with Gasteiger partial charge in [0.25, 0.3) is 0 Å². The summed E-state index contributed by atoms with van der Waals surface area (Å²) >= 11 is 0. The van der Waals surface area contributed by atoms with Gasteiger partial charge in [-0.15, -0.1) is 5.54 Å². The molecular formula is C14H17FOSi. The Labute approximate surface area is 103 Å². The van der Waals surface area contributed by atoms with Gasteiger partial charge in [-0.1, -0.05) is 37.7 Å². The number of aliphatic hydroxyl groups is 1. The van der Waals surface area contributed by atoms with E-state index in [0.29, 0.717) is 11.1 Å². The van der Waals surface area contributed by atoms with E-state index < -0.39 is 8.07 Å². The molecule has 0 aliphatic rings. The van der Waals surface area contributed by atoms with Crippen molar-refractivity contribution < 1.29 is 9.50 Å². The first kappa shape index (κ1) is 13.7. The number of hydrogen-bond acceptors (Lipinski definition) is 1. The van der Waals surface area contributed by atoms with Crippen LogP contribution in [0.15, 0.2) is 30.3 Å². The minimum absolute atomic E-state index is 0.0910. The van der Waals surface area contributed by atoms with Crippen molar-refractivity contribution >= 4 is 13.6 Å². The molecule has 0 heterocycles. The van der Waals surface area contributed by atoms with Crippen LogP contribution in [0.5, 0.6) is 0 Å². The van der Waals surface area contributed by atoms with E-state index >= 15 is 0 Å². The van der Waals surface area contributed by atoms with Crippen LogP contribution in [-0.2, 0) is 0 Å². The predicted molar refractivity (Wildman–Crippen MR) is 72.6 cm³/mol. The molecule has 0 aromatic heterocycles. The molecule has 0 amide bonds. The van der Waals surface area contributed by atoms with E-state index in [9.17, 15) is 4.39 Å². The average Bonchev–Trinajstić information content (AvgIpc) is 2.23. The van der Waals surface area contributed by atoms with Gasteiger partial charge in [0.15, 0.2) is 0 Å². The van der Waals surface area contributed by atoms with Gasteiger partial charge in [-0.05, 0) is 23.8 Å². The molecule has 90 valence electrons. The number of halogens is 1. The van der Waals surface area contributed by atoms with Crippen LogP contribution >= 0.6 is 0 Å². The zero-order chi connectivity index (χ0) is 12.9. The number of hydrogen-bond donors (Lipinski definition) is 1. The second kappa shape index (κ2) is 5.81. The summed E-state index contributed by atoms with van der Waals surface area (Å²) in [6.45, 7) is 6.33. The second-order valence-electron chi connectivity index (χ2n) is 4.81. The third-order valence-corrected chi connectivity index (χ3v) is 2.88. The van der Waals surface area contributed by atoms with Crippen LogP contribution in [0, 0.1) is 17.3 Å². The van der Waals surface area contributed by atoms with Crippen molar-refractivity contribution in [3.05, 3.63) is 41.7 Å². The van der Waals surface area contributed by atoms with Gasteiger partial charge >= 0.3 is 0 Å². The lowest BCUT2D eigenvalue weighted by atomic mass is 10.1. The molecule has 0 fully saturated rings. The zero-order valence-corrected chi connectivity index (χ0v) is 11.4. The minimum atomic E-state index is -1.47. The lowest BCUT2D eigenvalue weighted by Gasteiger charge is -2.05. The van der Waals surface area contributed by atoms with Crippen LogP contribution in [0.2, 0.25) is 19.6 Å². The third kappa shape index (κ3) is 4.99. The first-order chi connectivity index (χ1) is 7.92. The minimum Gasteiger partial charge on any atom is -0.392 e. The van der Waals surface area contributed by atoms with E-state index in [1.807, 2.05) is 0 Å². The number of aliphatic hydroxyl groups excluding tert-OH is 1. The van der Waals surface area contributed by atoms with Crippen LogP contribution in [-0.4, -0.2) is 19.8 Å². The third-order valence-electron chi connectivity index (χ3n) is 2.00. The molecule has 1 aromatic carbocycles. The SMILES string of the molecule is C[Si](C)(C)C#CC(=CCO)c1cccc(F)c1. The van der Waals surface area contributed by atoms with Crippen molar-refractivity contribution in [2.75, 3.05) is 6.61 Å². The Kier molecular flexibility index (Phi) is 4.68. The Morgan fingerprint density at radius 1 is 1.41 bits per heavy atom. The van der Waals surface area contributed by atoms with Crippen molar-refractivity contribution in [1.82, 2.24) is 0 Å². The molecule has 0 spiro atoms. The van der Waals surface area contributed by atoms with Crippen molar-refractivity contribution in [3.8, 4) is 11.5 Å². The maximum Gasteiger partial charge on any atom is 0.129 e. The molecule has 17 heavy (non-hydrogen) atoms. The highest BCUT2D eigenvalue weighted by molar-refractivity contribution is 6.84. The van der Waals surface area contributed by atoms with Crippen LogP contribution in [0.25, 0.3) is 5.57 Å². The molecule has 3 heteroatoms. The van der Waals surface area contributed by atoms with E-state index in [4.69, 9.17) is 5.11 Å². The first-order valence-electron chi connectivity index (χ1n) is 5.52. The van der Waals surface area contributed by atoms with E-state index in [2.05, 4.69) is 31.1 Å². The summed E-state index contributed by atoms with van der Waals surface area (Å²) in [4.78, 5) is 0. The molecule has 0 aliphatic carbocycles. The van der Waals surface area contributed by atoms with E-state index in [1.54, 1.807) is 18.2 Å². The summed E-state index contributed by atoms with van der Waals surface area (Å²) in [7, 11) is -1.47. The fourth-order valence-corrected chi connectivity index (χ4v) is 1.75. The molecule has 1 nitrogen and oxygen atoms in total. The summed E-state index contributed by atoms with van der Waals surface area (Å²) in [5.41, 5.74) is 4.61. The molecule has 0 aliphatic heterocycles. The largest absolute Gasteiger partial charge is 0.392 e. The highest BCUT2D eigenvalue weighted by atomic mass is 28.3. The normalized spacial score (nSPS) is 11.9. The maximum atomic E-state index is 13.1. The van der Waals surface area contributed by atoms with Crippen LogP contribution in [0.3, 0.4) is 0 Å². The lowest BCUT2D eigenvalue weighted by molar-refractivity contribution is 0.343. The number of benzene rings is 1. The molecule has 0 saturated carbocycles. The smallest absolute Gasteiger partial charge is 0.129 e. The fraction of sp³-hybridized carbons (Fsp3) is 0.286. The summed E-state index contributed by atoms with van der Waals surface area (Å²) < 4.78 is 13.1. The Morgan fingerprint density at radius 3 is 2.65 bits per heavy atom. The summed E-state index contributed by atoms with van der Waals surface area (Å²) in [6, 6.07) is 6.27. The zero-order valence-electron chi connectivity index (χ0n) is 10.4. The van der Waals surface area contributed by atoms with Gasteiger partial charge in [-0.3, -0.25) is 0 Å². The molecule has 0 radical (unpaired) electrons. The molecule has 0 atom stereocenters. The molecule has 0 saturated heterocycles. The maximum absolute atomic E-state index is 13.1. The fourth-order valence-electron chi connectivity index (χ4n) is 1.24. The van der Waals surface area contributed by atoms with Crippen molar-refractivity contribution in [1.29, 1.82) is 0 Å². The second-order valence-corrected chi connectivity index (χ2v) is 9.56. The standard InChI is InChI=1S/C14H17FOSi/c1-17(2,3)10-8-12(7-9-16)13-5-4-6-14(15)11-13/h4-7,11,16H,9H2,1-3H3. The number of allylic oxidation sites excluding steroid dienone is 1. The lowest BCUT2D eigenvalue weighted by Crippen LogP contribution is -2.16. The first-order valence-corrected chi connectivity index (χ1v) is 9.02. The van der Waals surface area contributed by atoms with Crippen LogP contribution in [0.1, 0.15) is 5.56 Å². The molecular weight excluding hydrogens is 231 g/mol.